The summed E-state index contributed by atoms with van der Waals surface area (Å²) in [5.41, 5.74) is 0.812. The van der Waals surface area contributed by atoms with Crippen molar-refractivity contribution in [3.05, 3.63) is 30.3 Å². The van der Waals surface area contributed by atoms with E-state index in [1.165, 1.54) is 7.11 Å². The van der Waals surface area contributed by atoms with Gasteiger partial charge >= 0.3 is 5.97 Å². The van der Waals surface area contributed by atoms with Gasteiger partial charge in [-0.2, -0.15) is 0 Å². The van der Waals surface area contributed by atoms with Crippen molar-refractivity contribution in [3.8, 4) is 0 Å². The molecular formula is C17H23NO3. The summed E-state index contributed by atoms with van der Waals surface area (Å²) in [4.78, 5) is 25.5. The van der Waals surface area contributed by atoms with E-state index in [0.717, 1.165) is 12.1 Å². The van der Waals surface area contributed by atoms with Gasteiger partial charge in [-0.3, -0.25) is 9.59 Å². The number of rotatable bonds is 5. The molecule has 1 fully saturated rings. The zero-order chi connectivity index (χ0) is 15.5. The van der Waals surface area contributed by atoms with Gasteiger partial charge in [-0.05, 0) is 30.4 Å². The van der Waals surface area contributed by atoms with Crippen LogP contribution in [0.15, 0.2) is 30.3 Å². The van der Waals surface area contributed by atoms with E-state index < -0.39 is 0 Å². The first kappa shape index (κ1) is 15.5. The first-order valence-electron chi connectivity index (χ1n) is 7.39. The Morgan fingerprint density at radius 1 is 1.33 bits per heavy atom. The lowest BCUT2D eigenvalue weighted by Gasteiger charge is -2.37. The Morgan fingerprint density at radius 2 is 2.00 bits per heavy atom. The van der Waals surface area contributed by atoms with Crippen molar-refractivity contribution < 1.29 is 14.3 Å². The summed E-state index contributed by atoms with van der Waals surface area (Å²) < 4.78 is 4.72. The van der Waals surface area contributed by atoms with Crippen LogP contribution in [0.3, 0.4) is 0 Å². The van der Waals surface area contributed by atoms with Crippen molar-refractivity contribution >= 4 is 17.6 Å². The van der Waals surface area contributed by atoms with Crippen LogP contribution in [0.2, 0.25) is 0 Å². The summed E-state index contributed by atoms with van der Waals surface area (Å²) in [6.45, 7) is 4.24. The molecule has 1 heterocycles. The molecule has 21 heavy (non-hydrogen) atoms. The summed E-state index contributed by atoms with van der Waals surface area (Å²) in [5, 5.41) is 0. The van der Waals surface area contributed by atoms with Gasteiger partial charge in [0.25, 0.3) is 0 Å². The molecule has 0 radical (unpaired) electrons. The van der Waals surface area contributed by atoms with Crippen LogP contribution in [-0.2, 0) is 14.3 Å². The van der Waals surface area contributed by atoms with Crippen molar-refractivity contribution in [2.45, 2.75) is 45.6 Å². The number of carbonyl (C=O) groups excluding carboxylic acids is 2. The normalized spacial score (nSPS) is 18.9. The van der Waals surface area contributed by atoms with Crippen LogP contribution in [0, 0.1) is 5.41 Å². The minimum absolute atomic E-state index is 0.122. The first-order chi connectivity index (χ1) is 9.95. The van der Waals surface area contributed by atoms with Crippen molar-refractivity contribution in [3.63, 3.8) is 0 Å². The monoisotopic (exact) mass is 289 g/mol. The van der Waals surface area contributed by atoms with Gasteiger partial charge in [0, 0.05) is 24.6 Å². The largest absolute Gasteiger partial charge is 0.469 e. The van der Waals surface area contributed by atoms with Gasteiger partial charge < -0.3 is 9.64 Å². The van der Waals surface area contributed by atoms with Gasteiger partial charge in [0.05, 0.1) is 7.11 Å². The molecule has 1 amide bonds. The molecule has 1 atom stereocenters. The first-order valence-corrected chi connectivity index (χ1v) is 7.39. The lowest BCUT2D eigenvalue weighted by molar-refractivity contribution is -0.141. The number of esters is 1. The number of methoxy groups -OCH3 is 1. The average molecular weight is 289 g/mol. The molecular weight excluding hydrogens is 266 g/mol. The Labute approximate surface area is 126 Å². The van der Waals surface area contributed by atoms with E-state index in [-0.39, 0.29) is 23.3 Å². The van der Waals surface area contributed by atoms with Crippen LogP contribution >= 0.6 is 0 Å². The number of hydrogen-bond donors (Lipinski definition) is 0. The van der Waals surface area contributed by atoms with Gasteiger partial charge in [-0.15, -0.1) is 0 Å². The molecule has 1 aliphatic rings. The highest BCUT2D eigenvalue weighted by Crippen LogP contribution is 2.39. The van der Waals surface area contributed by atoms with Crippen molar-refractivity contribution in [1.29, 1.82) is 0 Å². The zero-order valence-corrected chi connectivity index (χ0v) is 13.0. The van der Waals surface area contributed by atoms with Crippen LogP contribution in [-0.4, -0.2) is 25.0 Å². The second kappa shape index (κ2) is 6.29. The summed E-state index contributed by atoms with van der Waals surface area (Å²) in [5.74, 6) is -0.0315. The molecule has 0 aliphatic carbocycles. The van der Waals surface area contributed by atoms with Crippen molar-refractivity contribution in [2.24, 2.45) is 5.41 Å². The number of amides is 1. The lowest BCUT2D eigenvalue weighted by atomic mass is 9.78. The van der Waals surface area contributed by atoms with Crippen LogP contribution in [0.25, 0.3) is 0 Å². The Balaban J connectivity index is 2.17. The fraction of sp³-hybridized carbons (Fsp3) is 0.529. The number of carbonyl (C=O) groups is 2. The van der Waals surface area contributed by atoms with Crippen LogP contribution in [0.4, 0.5) is 5.69 Å². The quantitative estimate of drug-likeness (QED) is 0.782. The van der Waals surface area contributed by atoms with Gasteiger partial charge in [-0.1, -0.05) is 32.0 Å². The highest BCUT2D eigenvalue weighted by atomic mass is 16.5. The molecule has 0 unspecified atom stereocenters. The zero-order valence-electron chi connectivity index (χ0n) is 13.0. The van der Waals surface area contributed by atoms with E-state index in [4.69, 9.17) is 4.74 Å². The minimum atomic E-state index is -0.196. The number of benzene rings is 1. The Bertz CT molecular complexity index is 510. The van der Waals surface area contributed by atoms with E-state index >= 15 is 0 Å². The lowest BCUT2D eigenvalue weighted by Crippen LogP contribution is -2.43. The average Bonchev–Trinajstić information content (AvgIpc) is 2.88. The van der Waals surface area contributed by atoms with Crippen molar-refractivity contribution in [1.82, 2.24) is 0 Å². The molecule has 4 nitrogen and oxygen atoms in total. The molecule has 0 saturated carbocycles. The van der Waals surface area contributed by atoms with Gasteiger partial charge in [0.1, 0.15) is 0 Å². The molecule has 1 aromatic carbocycles. The Kier molecular flexibility index (Phi) is 4.66. The molecule has 1 aliphatic heterocycles. The molecule has 4 heteroatoms. The van der Waals surface area contributed by atoms with Gasteiger partial charge in [0.15, 0.2) is 0 Å². The summed E-state index contributed by atoms with van der Waals surface area (Å²) in [7, 11) is 1.41. The number of nitrogens with zero attached hydrogens (tertiary/aromatic N) is 1. The molecule has 0 bridgehead atoms. The van der Waals surface area contributed by atoms with E-state index in [1.807, 2.05) is 35.2 Å². The summed E-state index contributed by atoms with van der Waals surface area (Å²) in [6, 6.07) is 9.89. The Hall–Kier alpha value is -1.84. The maximum Gasteiger partial charge on any atom is 0.305 e. The highest BCUT2D eigenvalue weighted by molar-refractivity contribution is 5.96. The molecule has 2 rings (SSSR count). The molecule has 0 aromatic heterocycles. The molecule has 0 N–H and O–H groups in total. The molecule has 114 valence electrons. The van der Waals surface area contributed by atoms with E-state index in [2.05, 4.69) is 13.8 Å². The fourth-order valence-electron chi connectivity index (χ4n) is 3.03. The fourth-order valence-corrected chi connectivity index (χ4v) is 3.03. The smallest absolute Gasteiger partial charge is 0.305 e. The standard InChI is InChI=1S/C17H23NO3/c1-17(2,12-11-16(20)21-3)14-9-10-15(19)18(14)13-7-5-4-6-8-13/h4-8,14H,9-12H2,1-3H3/t14-/m1/s1. The third kappa shape index (κ3) is 3.43. The van der Waals surface area contributed by atoms with E-state index in [9.17, 15) is 9.59 Å². The second-order valence-corrected chi connectivity index (χ2v) is 6.22. The topological polar surface area (TPSA) is 46.6 Å². The maximum atomic E-state index is 12.3. The number of anilines is 1. The number of para-hydroxylation sites is 1. The SMILES string of the molecule is COC(=O)CCC(C)(C)[C@H]1CCC(=O)N1c1ccccc1. The molecule has 1 aromatic rings. The molecule has 0 spiro atoms. The Morgan fingerprint density at radius 3 is 2.62 bits per heavy atom. The van der Waals surface area contributed by atoms with Crippen LogP contribution in [0.5, 0.6) is 0 Å². The molecule has 1 saturated heterocycles. The van der Waals surface area contributed by atoms with Crippen LogP contribution < -0.4 is 4.90 Å². The van der Waals surface area contributed by atoms with Gasteiger partial charge in [-0.25, -0.2) is 0 Å². The maximum absolute atomic E-state index is 12.3. The second-order valence-electron chi connectivity index (χ2n) is 6.22. The summed E-state index contributed by atoms with van der Waals surface area (Å²) >= 11 is 0. The summed E-state index contributed by atoms with van der Waals surface area (Å²) in [6.07, 6.45) is 2.50. The predicted molar refractivity (Wildman–Crippen MR) is 82.0 cm³/mol. The van der Waals surface area contributed by atoms with Gasteiger partial charge in [0.2, 0.25) is 5.91 Å². The van der Waals surface area contributed by atoms with E-state index in [1.54, 1.807) is 0 Å². The predicted octanol–water partition coefficient (Wildman–Crippen LogP) is 3.16. The van der Waals surface area contributed by atoms with Crippen molar-refractivity contribution in [2.75, 3.05) is 12.0 Å². The van der Waals surface area contributed by atoms with E-state index in [0.29, 0.717) is 19.3 Å². The minimum Gasteiger partial charge on any atom is -0.469 e. The number of hydrogen-bond acceptors (Lipinski definition) is 3. The number of ether oxygens (including phenoxy) is 1. The highest BCUT2D eigenvalue weighted by Gasteiger charge is 2.41. The third-order valence-electron chi connectivity index (χ3n) is 4.35. The van der Waals surface area contributed by atoms with Crippen LogP contribution in [0.1, 0.15) is 39.5 Å². The third-order valence-corrected chi connectivity index (χ3v) is 4.35.